The number of rotatable bonds is 3. The molecule has 4 heterocycles. The zero-order valence-corrected chi connectivity index (χ0v) is 23.2. The summed E-state index contributed by atoms with van der Waals surface area (Å²) in [6, 6.07) is 2.90. The summed E-state index contributed by atoms with van der Waals surface area (Å²) in [7, 11) is 0. The lowest BCUT2D eigenvalue weighted by Crippen LogP contribution is -2.44. The molecule has 2 N–H and O–H groups in total. The number of nitrogens with one attached hydrogen (secondary N) is 1. The molecule has 1 amide bonds. The molecule has 1 aromatic carbocycles. The lowest BCUT2D eigenvalue weighted by atomic mass is 9.86. The van der Waals surface area contributed by atoms with Crippen LogP contribution in [0.3, 0.4) is 0 Å². The molecular formula is C27H27BrFN3O6. The number of halogens is 2. The summed E-state index contributed by atoms with van der Waals surface area (Å²) in [6.45, 7) is 8.44. The van der Waals surface area contributed by atoms with E-state index < -0.39 is 34.6 Å². The zero-order valence-electron chi connectivity index (χ0n) is 21.6. The van der Waals surface area contributed by atoms with Gasteiger partial charge in [0.05, 0.1) is 29.0 Å². The molecule has 0 spiro atoms. The second-order valence-electron chi connectivity index (χ2n) is 10.6. The zero-order chi connectivity index (χ0) is 27.7. The maximum atomic E-state index is 14.8. The number of amides is 1. The van der Waals surface area contributed by atoms with Gasteiger partial charge in [-0.05, 0) is 67.2 Å². The molecule has 2 aromatic heterocycles. The van der Waals surface area contributed by atoms with Gasteiger partial charge in [0.1, 0.15) is 18.0 Å². The van der Waals surface area contributed by atoms with Crippen molar-refractivity contribution in [3.8, 4) is 11.4 Å². The molecule has 11 heteroatoms. The van der Waals surface area contributed by atoms with Crippen molar-refractivity contribution in [3.63, 3.8) is 0 Å². The SMILES string of the molecule is CC[C@@]1(O)C(=O)OCc2c1cc1n(c2=O)Cc2c-1nc1cc(F)c(C)c(Br)c1c2CNC(=O)OC(C)(C)C. The summed E-state index contributed by atoms with van der Waals surface area (Å²) < 4.78 is 27.3. The average Bonchev–Trinajstić information content (AvgIpc) is 3.21. The highest BCUT2D eigenvalue weighted by Crippen LogP contribution is 2.42. The van der Waals surface area contributed by atoms with Crippen molar-refractivity contribution in [3.05, 3.63) is 60.6 Å². The number of cyclic esters (lactones) is 1. The van der Waals surface area contributed by atoms with Gasteiger partial charge in [0, 0.05) is 33.6 Å². The Bertz CT molecular complexity index is 1610. The Kier molecular flexibility index (Phi) is 6.14. The maximum absolute atomic E-state index is 14.8. The van der Waals surface area contributed by atoms with E-state index in [1.165, 1.54) is 10.6 Å². The minimum absolute atomic E-state index is 0.0161. The van der Waals surface area contributed by atoms with Gasteiger partial charge in [-0.3, -0.25) is 4.79 Å². The minimum atomic E-state index is -1.96. The molecule has 0 aliphatic carbocycles. The highest BCUT2D eigenvalue weighted by molar-refractivity contribution is 9.10. The first-order valence-corrected chi connectivity index (χ1v) is 13.0. The smallest absolute Gasteiger partial charge is 0.407 e. The molecule has 0 unspecified atom stereocenters. The Morgan fingerprint density at radius 1 is 1.32 bits per heavy atom. The van der Waals surface area contributed by atoms with Crippen LogP contribution in [0.4, 0.5) is 9.18 Å². The molecule has 200 valence electrons. The van der Waals surface area contributed by atoms with Gasteiger partial charge in [-0.1, -0.05) is 6.92 Å². The van der Waals surface area contributed by atoms with Crippen LogP contribution in [0.2, 0.25) is 0 Å². The van der Waals surface area contributed by atoms with Crippen LogP contribution in [-0.4, -0.2) is 32.3 Å². The van der Waals surface area contributed by atoms with E-state index in [2.05, 4.69) is 21.2 Å². The third kappa shape index (κ3) is 3.99. The van der Waals surface area contributed by atoms with E-state index in [0.717, 1.165) is 0 Å². The van der Waals surface area contributed by atoms with Crippen LogP contribution in [0, 0.1) is 12.7 Å². The standard InChI is InChI=1S/C27H27BrFN3O6/c1-6-27(36)16-7-19-22-14(10-32(19)23(33)15(16)11-37-24(27)34)13(9-30-25(35)38-26(3,4)5)20-18(31-22)8-17(29)12(2)21(20)28/h7-8,36H,6,9-11H2,1-5H3,(H,30,35)/t27-/m0/s1. The van der Waals surface area contributed by atoms with Crippen molar-refractivity contribution in [1.29, 1.82) is 0 Å². The second-order valence-corrected chi connectivity index (χ2v) is 11.4. The summed E-state index contributed by atoms with van der Waals surface area (Å²) >= 11 is 3.50. The molecule has 2 aliphatic heterocycles. The fourth-order valence-electron chi connectivity index (χ4n) is 5.03. The lowest BCUT2D eigenvalue weighted by Gasteiger charge is -2.31. The third-order valence-electron chi connectivity index (χ3n) is 7.02. The van der Waals surface area contributed by atoms with Crippen molar-refractivity contribution >= 4 is 38.9 Å². The fraction of sp³-hybridized carbons (Fsp3) is 0.407. The van der Waals surface area contributed by atoms with Crippen LogP contribution in [0.25, 0.3) is 22.3 Å². The first-order chi connectivity index (χ1) is 17.8. The number of alkyl carbamates (subject to hydrolysis) is 1. The normalized spacial score (nSPS) is 18.1. The van der Waals surface area contributed by atoms with E-state index in [1.54, 1.807) is 40.7 Å². The van der Waals surface area contributed by atoms with E-state index in [-0.39, 0.29) is 37.2 Å². The van der Waals surface area contributed by atoms with Crippen LogP contribution in [0.15, 0.2) is 21.4 Å². The molecular weight excluding hydrogens is 561 g/mol. The lowest BCUT2D eigenvalue weighted by molar-refractivity contribution is -0.172. The van der Waals surface area contributed by atoms with Gasteiger partial charge in [0.15, 0.2) is 5.60 Å². The summed E-state index contributed by atoms with van der Waals surface area (Å²) in [5.74, 6) is -1.28. The van der Waals surface area contributed by atoms with Gasteiger partial charge in [0.2, 0.25) is 0 Å². The molecule has 0 saturated carbocycles. The summed E-state index contributed by atoms with van der Waals surface area (Å²) in [6.07, 6.45) is -0.611. The number of aliphatic hydroxyl groups is 1. The molecule has 0 saturated heterocycles. The Balaban J connectivity index is 1.74. The van der Waals surface area contributed by atoms with E-state index in [0.29, 0.717) is 43.5 Å². The maximum Gasteiger partial charge on any atom is 0.407 e. The fourth-order valence-corrected chi connectivity index (χ4v) is 5.66. The first kappa shape index (κ1) is 26.3. The van der Waals surface area contributed by atoms with Gasteiger partial charge in [-0.25, -0.2) is 19.0 Å². The molecule has 38 heavy (non-hydrogen) atoms. The number of hydrogen-bond donors (Lipinski definition) is 2. The first-order valence-electron chi connectivity index (χ1n) is 12.2. The summed E-state index contributed by atoms with van der Waals surface area (Å²) in [5, 5.41) is 14.5. The van der Waals surface area contributed by atoms with E-state index in [9.17, 15) is 23.9 Å². The van der Waals surface area contributed by atoms with Gasteiger partial charge < -0.3 is 24.5 Å². The molecule has 0 fully saturated rings. The number of nitrogens with zero attached hydrogens (tertiary/aromatic N) is 2. The molecule has 2 aliphatic rings. The minimum Gasteiger partial charge on any atom is -0.458 e. The molecule has 0 bridgehead atoms. The number of ether oxygens (including phenoxy) is 2. The van der Waals surface area contributed by atoms with Gasteiger partial charge >= 0.3 is 12.1 Å². The van der Waals surface area contributed by atoms with Crippen LogP contribution in [0.1, 0.15) is 61.9 Å². The monoisotopic (exact) mass is 587 g/mol. The number of aromatic nitrogens is 2. The number of carbonyl (C=O) groups excluding carboxylic acids is 2. The van der Waals surface area contributed by atoms with E-state index >= 15 is 0 Å². The predicted octanol–water partition coefficient (Wildman–Crippen LogP) is 4.31. The average molecular weight is 588 g/mol. The van der Waals surface area contributed by atoms with Crippen LogP contribution >= 0.6 is 15.9 Å². The molecule has 1 atom stereocenters. The van der Waals surface area contributed by atoms with Crippen molar-refractivity contribution in [2.45, 2.75) is 71.9 Å². The number of hydrogen-bond acceptors (Lipinski definition) is 7. The van der Waals surface area contributed by atoms with Gasteiger partial charge in [-0.2, -0.15) is 0 Å². The van der Waals surface area contributed by atoms with Crippen molar-refractivity contribution in [2.75, 3.05) is 0 Å². The van der Waals surface area contributed by atoms with Crippen LogP contribution < -0.4 is 10.9 Å². The second kappa shape index (κ2) is 8.88. The Hall–Kier alpha value is -3.31. The summed E-state index contributed by atoms with van der Waals surface area (Å²) in [4.78, 5) is 43.2. The third-order valence-corrected chi connectivity index (χ3v) is 8.01. The highest BCUT2D eigenvalue weighted by Gasteiger charge is 2.45. The highest BCUT2D eigenvalue weighted by atomic mass is 79.9. The molecule has 9 nitrogen and oxygen atoms in total. The number of esters is 1. The van der Waals surface area contributed by atoms with Crippen LogP contribution in [-0.2, 0) is 39.6 Å². The van der Waals surface area contributed by atoms with Crippen molar-refractivity contribution in [2.24, 2.45) is 0 Å². The van der Waals surface area contributed by atoms with Gasteiger partial charge in [-0.15, -0.1) is 0 Å². The molecule has 3 aromatic rings. The topological polar surface area (TPSA) is 120 Å². The van der Waals surface area contributed by atoms with Crippen LogP contribution in [0.5, 0.6) is 0 Å². The van der Waals surface area contributed by atoms with Crippen molar-refractivity contribution in [1.82, 2.24) is 14.9 Å². The Morgan fingerprint density at radius 3 is 2.68 bits per heavy atom. The predicted molar refractivity (Wildman–Crippen MR) is 140 cm³/mol. The van der Waals surface area contributed by atoms with Gasteiger partial charge in [0.25, 0.3) is 5.56 Å². The number of pyridine rings is 2. The van der Waals surface area contributed by atoms with E-state index in [1.807, 2.05) is 0 Å². The number of fused-ring (bicyclic) bond motifs is 5. The summed E-state index contributed by atoms with van der Waals surface area (Å²) in [5.41, 5.74) is 0.115. The largest absolute Gasteiger partial charge is 0.458 e. The molecule has 5 rings (SSSR count). The molecule has 0 radical (unpaired) electrons. The quantitative estimate of drug-likeness (QED) is 0.343. The van der Waals surface area contributed by atoms with E-state index in [4.69, 9.17) is 14.5 Å². The number of carbonyl (C=O) groups is 2. The Morgan fingerprint density at radius 2 is 2.03 bits per heavy atom. The Labute approximate surface area is 226 Å². The number of benzene rings is 1. The van der Waals surface area contributed by atoms with Crippen molar-refractivity contribution < 1.29 is 28.6 Å².